The average molecular weight is 2080 g/mol. The van der Waals surface area contributed by atoms with Crippen molar-refractivity contribution in [2.24, 2.45) is 28.7 Å². The van der Waals surface area contributed by atoms with Crippen LogP contribution in [0.4, 0.5) is 0 Å². The summed E-state index contributed by atoms with van der Waals surface area (Å²) in [5, 5.41) is 92.7. The Hall–Kier alpha value is -12.2. The number of hydrogen-bond donors (Lipinski definition) is 15. The van der Waals surface area contributed by atoms with Crippen molar-refractivity contribution in [3.8, 4) is 114 Å². The van der Waals surface area contributed by atoms with E-state index in [4.69, 9.17) is 74.4 Å². The molecule has 0 atom stereocenters. The Morgan fingerprint density at radius 3 is 0.719 bits per heavy atom. The van der Waals surface area contributed by atoms with Crippen LogP contribution in [0.1, 0.15) is 148 Å². The molecule has 0 amide bonds. The van der Waals surface area contributed by atoms with Gasteiger partial charge in [-0.25, -0.2) is 24.9 Å². The summed E-state index contributed by atoms with van der Waals surface area (Å²) in [5.74, 6) is 11.8. The minimum Gasteiger partial charge on any atom is -0.457 e. The highest BCUT2D eigenvalue weighted by molar-refractivity contribution is 5.86. The quantitative estimate of drug-likeness (QED) is 0.0168. The Morgan fingerprint density at radius 1 is 0.281 bits per heavy atom. The molecule has 146 heavy (non-hydrogen) atoms. The van der Waals surface area contributed by atoms with Crippen LogP contribution < -0.4 is 52.4 Å². The van der Waals surface area contributed by atoms with Gasteiger partial charge in [0.1, 0.15) is 117 Å². The van der Waals surface area contributed by atoms with Gasteiger partial charge in [0.15, 0.2) is 29.5 Å². The third-order valence-corrected chi connectivity index (χ3v) is 24.2. The van der Waals surface area contributed by atoms with Gasteiger partial charge in [-0.15, -0.1) is 49.6 Å². The number of hydrogen-bond acceptors (Lipinski definition) is 30. The van der Waals surface area contributed by atoms with E-state index in [9.17, 15) is 51.1 Å². The minimum absolute atomic E-state index is 0. The highest BCUT2D eigenvalue weighted by Gasteiger charge is 2.31. The summed E-state index contributed by atoms with van der Waals surface area (Å²) >= 11 is 0. The molecule has 16 rings (SSSR count). The first-order valence-corrected chi connectivity index (χ1v) is 47.7. The maximum Gasteiger partial charge on any atom is 0.197 e. The van der Waals surface area contributed by atoms with Crippen molar-refractivity contribution < 1.29 is 96.8 Å². The first-order valence-electron chi connectivity index (χ1n) is 47.7. The van der Waals surface area contributed by atoms with Crippen molar-refractivity contribution in [3.05, 3.63) is 331 Å². The fraction of sp³-hybridized carbons (Fsp3) is 0.330. The van der Waals surface area contributed by atoms with Crippen LogP contribution in [0.3, 0.4) is 0 Å². The zero-order valence-electron chi connectivity index (χ0n) is 82.6. The van der Waals surface area contributed by atoms with E-state index in [1.165, 1.54) is 12.8 Å². The third kappa shape index (κ3) is 36.4. The van der Waals surface area contributed by atoms with Gasteiger partial charge in [0.25, 0.3) is 0 Å². The molecule has 0 bridgehead atoms. The van der Waals surface area contributed by atoms with E-state index in [1.54, 1.807) is 31.3 Å². The summed E-state index contributed by atoms with van der Waals surface area (Å²) < 4.78 is 56.6. The summed E-state index contributed by atoms with van der Waals surface area (Å²) in [5.41, 5.74) is 39.1. The molecule has 0 spiro atoms. The lowest BCUT2D eigenvalue weighted by Gasteiger charge is -2.24. The number of ether oxygens (including phenoxy) is 5. The number of nitrogens with zero attached hydrogens (tertiary/aromatic N) is 5. The Kier molecular flexibility index (Phi) is 47.6. The van der Waals surface area contributed by atoms with Crippen molar-refractivity contribution in [1.82, 2.24) is 24.9 Å². The second-order valence-corrected chi connectivity index (χ2v) is 36.4. The molecule has 782 valence electrons. The minimum atomic E-state index is -0.948. The van der Waals surface area contributed by atoms with E-state index in [-0.39, 0.29) is 122 Å². The van der Waals surface area contributed by atoms with Crippen molar-refractivity contribution >= 4 is 49.6 Å². The molecule has 1 saturated carbocycles. The number of aryl methyl sites for hydroxylation is 8. The molecule has 0 aliphatic heterocycles. The van der Waals surface area contributed by atoms with Crippen LogP contribution >= 0.6 is 49.6 Å². The lowest BCUT2D eigenvalue weighted by Crippen LogP contribution is -2.47. The summed E-state index contributed by atoms with van der Waals surface area (Å²) in [4.78, 5) is 22.3. The van der Waals surface area contributed by atoms with E-state index >= 15 is 0 Å². The van der Waals surface area contributed by atoms with Crippen LogP contribution in [-0.4, -0.2) is 170 Å². The third-order valence-electron chi connectivity index (χ3n) is 24.2. The van der Waals surface area contributed by atoms with Crippen LogP contribution in [0, 0.1) is 6.92 Å². The molecule has 0 saturated heterocycles. The van der Waals surface area contributed by atoms with Crippen molar-refractivity contribution in [1.29, 1.82) is 0 Å². The second-order valence-electron chi connectivity index (χ2n) is 36.4. The topological polar surface area (TPSA) is 509 Å². The van der Waals surface area contributed by atoms with E-state index in [2.05, 4.69) is 31.8 Å². The largest absolute Gasteiger partial charge is 0.457 e. The predicted molar refractivity (Wildman–Crippen MR) is 572 cm³/mol. The van der Waals surface area contributed by atoms with Crippen molar-refractivity contribution in [2.75, 3.05) is 66.1 Å². The van der Waals surface area contributed by atoms with Crippen LogP contribution in [0.25, 0.3) is 56.3 Å². The van der Waals surface area contributed by atoms with Gasteiger partial charge >= 0.3 is 0 Å². The number of benzene rings is 10. The SMILES string of the molecule is CC(C)c1nc(-c2ccc(Oc3ccc(CCC(N)(CO)CO)cc3)cc2)co1.CCCc1nc(-c2ccc(Oc3ccc(CCC(N)(CO)CO)cc3)cc2)co1.CCc1nc(-c2ccc(Oc3ccc(CCC(N)(CO)CO)cc3)cc2)co1.Cc1nc(-c2ccc(Oc3ccc(CCC(N)(CO)CO)cc3)cc2)co1.Cl.Cl.Cl.Cl.NC(CO)(CO)CCc1ccc(Oc2ccc(-c3coc(C4CC4)n3)cc2)cc1. The standard InChI is InChI=1S/C23H26N2O4.2C23H28N2O4.C22H26N2O4.C21H24N2O4.4ClH/c24-23(14-26,15-27)12-11-16-1-7-19(8-2-16)29-20-9-5-17(6-10-20)21-13-28-22(25-21)18-3-4-18;1-16(2)22-25-21(13-28-22)18-5-9-20(10-6-18)29-19-7-3-17(4-8-19)11-12-23(24,14-26)15-27;1-2-3-22-25-21(14-28-22)18-6-10-20(11-7-18)29-19-8-4-17(5-9-19)12-13-23(24,15-26)16-27;1-2-21-24-20(13-27-21)17-5-9-19(10-6-17)28-18-7-3-16(4-8-18)11-12-22(23,14-25)15-26;1-15-23-20(12-26-15)17-4-8-19(9-5-17)27-18-6-2-16(3-7-18)10-11-21(22,13-24)14-25;;;;/h1-2,5-10,13,18,26-27H,3-4,11-12,14-15,24H2;3-10,13,16,26-27H,11-12,14-15,24H2,1-2H3;4-11,14,26-27H,2-3,12-13,15-16,24H2,1H3;3-10,13,25-26H,2,11-12,14-15,23H2,1H3;2-9,12,24-25H,10-11,13-14,22H2,1H3;4*1H. The molecule has 1 fully saturated rings. The van der Waals surface area contributed by atoms with E-state index in [0.29, 0.717) is 76.0 Å². The number of aliphatic hydroxyl groups excluding tert-OH is 10. The molecular formula is C112H136Cl4N10O20. The fourth-order valence-corrected chi connectivity index (χ4v) is 14.3. The molecule has 1 aliphatic carbocycles. The van der Waals surface area contributed by atoms with Gasteiger partial charge in [-0.05, 0) is 293 Å². The van der Waals surface area contributed by atoms with Gasteiger partial charge in [-0.3, -0.25) is 0 Å². The molecule has 15 aromatic rings. The molecule has 10 aromatic carbocycles. The summed E-state index contributed by atoms with van der Waals surface area (Å²) in [7, 11) is 0. The molecule has 0 unspecified atom stereocenters. The summed E-state index contributed by atoms with van der Waals surface area (Å²) in [6.07, 6.45) is 19.2. The normalized spacial score (nSPS) is 11.8. The Labute approximate surface area is 876 Å². The molecule has 20 N–H and O–H groups in total. The highest BCUT2D eigenvalue weighted by Crippen LogP contribution is 2.41. The van der Waals surface area contributed by atoms with E-state index in [0.717, 1.165) is 184 Å². The molecule has 0 radical (unpaired) electrons. The Balaban J connectivity index is 0.000000221. The molecule has 5 aromatic heterocycles. The Bertz CT molecular complexity index is 6070. The molecular weight excluding hydrogens is 1950 g/mol. The van der Waals surface area contributed by atoms with Crippen molar-refractivity contribution in [2.45, 2.75) is 170 Å². The number of nitrogens with two attached hydrogens (primary N) is 5. The van der Waals surface area contributed by atoms with E-state index < -0.39 is 27.7 Å². The number of oxazole rings is 5. The smallest absolute Gasteiger partial charge is 0.197 e. The lowest BCUT2D eigenvalue weighted by atomic mass is 9.94. The van der Waals surface area contributed by atoms with Crippen LogP contribution in [0.2, 0.25) is 0 Å². The zero-order valence-corrected chi connectivity index (χ0v) is 85.9. The first kappa shape index (κ1) is 119. The van der Waals surface area contributed by atoms with Gasteiger partial charge in [0.2, 0.25) is 0 Å². The maximum atomic E-state index is 9.28. The number of aromatic nitrogens is 5. The van der Waals surface area contributed by atoms with Gasteiger partial charge in [-0.2, -0.15) is 0 Å². The first-order chi connectivity index (χ1) is 68.6. The molecule has 30 nitrogen and oxygen atoms in total. The number of halogens is 4. The number of rotatable bonds is 45. The van der Waals surface area contributed by atoms with Gasteiger partial charge < -0.3 is 126 Å². The molecule has 5 heterocycles. The van der Waals surface area contributed by atoms with Crippen LogP contribution in [0.5, 0.6) is 57.5 Å². The summed E-state index contributed by atoms with van der Waals surface area (Å²) in [6, 6.07) is 77.1. The van der Waals surface area contributed by atoms with Crippen molar-refractivity contribution in [3.63, 3.8) is 0 Å². The monoisotopic (exact) mass is 2080 g/mol. The predicted octanol–water partition coefficient (Wildman–Crippen LogP) is 19.3. The highest BCUT2D eigenvalue weighted by atomic mass is 35.5. The zero-order chi connectivity index (χ0) is 101. The fourth-order valence-electron chi connectivity index (χ4n) is 14.3. The van der Waals surface area contributed by atoms with Gasteiger partial charge in [0.05, 0.1) is 93.8 Å². The van der Waals surface area contributed by atoms with Crippen LogP contribution in [-0.2, 0) is 44.9 Å². The van der Waals surface area contributed by atoms with Gasteiger partial charge in [-0.1, -0.05) is 88.4 Å². The van der Waals surface area contributed by atoms with Gasteiger partial charge in [0, 0.05) is 59.4 Å². The van der Waals surface area contributed by atoms with E-state index in [1.807, 2.05) is 270 Å². The Morgan fingerprint density at radius 2 is 0.500 bits per heavy atom. The average Bonchev–Trinajstić information content (AvgIpc) is 1.67. The maximum absolute atomic E-state index is 9.28. The molecule has 34 heteroatoms. The van der Waals surface area contributed by atoms with Crippen LogP contribution in [0.15, 0.2) is 296 Å². The lowest BCUT2D eigenvalue weighted by molar-refractivity contribution is 0.114. The summed E-state index contributed by atoms with van der Waals surface area (Å²) in [6.45, 7) is 7.59. The molecule has 1 aliphatic rings. The number of aliphatic hydroxyl groups is 10. The second kappa shape index (κ2) is 58.4.